The first-order valence-electron chi connectivity index (χ1n) is 8.43. The fourth-order valence-corrected chi connectivity index (χ4v) is 2.79. The lowest BCUT2D eigenvalue weighted by Gasteiger charge is -2.26. The molecule has 3 N–H and O–H groups in total. The van der Waals surface area contributed by atoms with Crippen molar-refractivity contribution in [2.24, 2.45) is 0 Å². The molecule has 0 saturated carbocycles. The Kier molecular flexibility index (Phi) is 5.69. The molecule has 2 rings (SSSR count). The summed E-state index contributed by atoms with van der Waals surface area (Å²) in [4.78, 5) is 28.0. The summed E-state index contributed by atoms with van der Waals surface area (Å²) in [5.74, 6) is -0.153. The number of nitrogen functional groups attached to an aromatic ring is 1. The minimum absolute atomic E-state index is 0.141. The monoisotopic (exact) mass is 359 g/mol. The predicted octanol–water partition coefficient (Wildman–Crippen LogP) is 2.60. The summed E-state index contributed by atoms with van der Waals surface area (Å²) in [5.41, 5.74) is 7.37. The number of nitrogens with zero attached hydrogens (tertiary/aromatic N) is 1. The zero-order valence-corrected chi connectivity index (χ0v) is 15.8. The number of carbonyl (C=O) groups is 2. The van der Waals surface area contributed by atoms with E-state index in [9.17, 15) is 9.59 Å². The fraction of sp³-hybridized carbons (Fsp3) is 0.421. The third-order valence-electron chi connectivity index (χ3n) is 3.78. The van der Waals surface area contributed by atoms with E-state index in [1.807, 2.05) is 13.8 Å². The number of benzene rings is 1. The molecule has 0 bridgehead atoms. The number of hydrogen-bond acceptors (Lipinski definition) is 6. The van der Waals surface area contributed by atoms with Gasteiger partial charge in [0, 0.05) is 6.92 Å². The van der Waals surface area contributed by atoms with Crippen LogP contribution >= 0.6 is 0 Å². The highest BCUT2D eigenvalue weighted by molar-refractivity contribution is 6.07. The van der Waals surface area contributed by atoms with E-state index < -0.39 is 11.5 Å². The Hall–Kier alpha value is -2.83. The molecular formula is C19H25N3O4. The van der Waals surface area contributed by atoms with Crippen LogP contribution in [0.1, 0.15) is 43.7 Å². The van der Waals surface area contributed by atoms with Crippen LogP contribution in [0.3, 0.4) is 0 Å². The molecule has 0 aliphatic rings. The molecule has 0 radical (unpaired) electrons. The van der Waals surface area contributed by atoms with Crippen LogP contribution in [0.15, 0.2) is 18.2 Å². The molecule has 2 aromatic rings. The number of nitrogens with one attached hydrogen (secondary N) is 1. The number of amides is 1. The molecule has 1 amide bonds. The zero-order chi connectivity index (χ0) is 19.5. The molecule has 1 aromatic carbocycles. The Bertz CT molecular complexity index is 846. The topological polar surface area (TPSA) is 104 Å². The van der Waals surface area contributed by atoms with Gasteiger partial charge >= 0.3 is 5.97 Å². The SMILES string of the molecule is CCOC(=O)c1c(C)nc2cccc(OCC(C)(C)NC(C)=O)c2c1N. The Morgan fingerprint density at radius 1 is 1.31 bits per heavy atom. The maximum Gasteiger partial charge on any atom is 0.342 e. The normalized spacial score (nSPS) is 11.3. The van der Waals surface area contributed by atoms with E-state index in [0.717, 1.165) is 0 Å². The van der Waals surface area contributed by atoms with E-state index in [1.54, 1.807) is 32.0 Å². The van der Waals surface area contributed by atoms with Crippen LogP contribution in [0, 0.1) is 6.92 Å². The lowest BCUT2D eigenvalue weighted by molar-refractivity contribution is -0.120. The predicted molar refractivity (Wildman–Crippen MR) is 100 cm³/mol. The third-order valence-corrected chi connectivity index (χ3v) is 3.78. The number of anilines is 1. The van der Waals surface area contributed by atoms with E-state index in [0.29, 0.717) is 22.3 Å². The summed E-state index contributed by atoms with van der Waals surface area (Å²) in [5, 5.41) is 3.38. The standard InChI is InChI=1S/C19H25N3O4/c1-6-25-18(24)15-11(2)21-13-8-7-9-14(16(13)17(15)20)26-10-19(4,5)22-12(3)23/h7-9H,6,10H2,1-5H3,(H2,20,21)(H,22,23). The van der Waals surface area contributed by atoms with Crippen molar-refractivity contribution < 1.29 is 19.1 Å². The number of pyridine rings is 1. The number of aromatic nitrogens is 1. The number of hydrogen-bond donors (Lipinski definition) is 2. The highest BCUT2D eigenvalue weighted by Gasteiger charge is 2.23. The third kappa shape index (κ3) is 4.22. The maximum absolute atomic E-state index is 12.2. The summed E-state index contributed by atoms with van der Waals surface area (Å²) in [7, 11) is 0. The lowest BCUT2D eigenvalue weighted by atomic mass is 10.0. The van der Waals surface area contributed by atoms with Crippen molar-refractivity contribution in [3.63, 3.8) is 0 Å². The molecule has 7 nitrogen and oxygen atoms in total. The quantitative estimate of drug-likeness (QED) is 0.769. The first-order valence-corrected chi connectivity index (χ1v) is 8.43. The summed E-state index contributed by atoms with van der Waals surface area (Å²) in [6.07, 6.45) is 0. The van der Waals surface area contributed by atoms with Crippen molar-refractivity contribution in [1.29, 1.82) is 0 Å². The highest BCUT2D eigenvalue weighted by atomic mass is 16.5. The van der Waals surface area contributed by atoms with E-state index in [1.165, 1.54) is 6.92 Å². The number of ether oxygens (including phenoxy) is 2. The molecule has 0 unspecified atom stereocenters. The number of carbonyl (C=O) groups excluding carboxylic acids is 2. The number of aryl methyl sites for hydroxylation is 1. The van der Waals surface area contributed by atoms with Gasteiger partial charge in [-0.15, -0.1) is 0 Å². The minimum atomic E-state index is -0.565. The summed E-state index contributed by atoms with van der Waals surface area (Å²) < 4.78 is 11.0. The largest absolute Gasteiger partial charge is 0.490 e. The van der Waals surface area contributed by atoms with Crippen LogP contribution in [0.2, 0.25) is 0 Å². The molecule has 0 aliphatic carbocycles. The Balaban J connectivity index is 2.46. The van der Waals surface area contributed by atoms with Crippen LogP contribution < -0.4 is 15.8 Å². The van der Waals surface area contributed by atoms with Gasteiger partial charge in [0.15, 0.2) is 0 Å². The average Bonchev–Trinajstić information content (AvgIpc) is 2.51. The van der Waals surface area contributed by atoms with Crippen molar-refractivity contribution in [2.75, 3.05) is 18.9 Å². The van der Waals surface area contributed by atoms with Crippen LogP contribution in [-0.4, -0.2) is 35.6 Å². The van der Waals surface area contributed by atoms with Crippen molar-refractivity contribution in [3.05, 3.63) is 29.5 Å². The first kappa shape index (κ1) is 19.5. The second-order valence-corrected chi connectivity index (χ2v) is 6.71. The smallest absolute Gasteiger partial charge is 0.342 e. The minimum Gasteiger partial charge on any atom is -0.490 e. The van der Waals surface area contributed by atoms with E-state index >= 15 is 0 Å². The number of nitrogens with two attached hydrogens (primary N) is 1. The zero-order valence-electron chi connectivity index (χ0n) is 15.8. The van der Waals surface area contributed by atoms with E-state index in [2.05, 4.69) is 10.3 Å². The van der Waals surface area contributed by atoms with Gasteiger partial charge in [-0.2, -0.15) is 0 Å². The average molecular weight is 359 g/mol. The molecule has 0 fully saturated rings. The molecule has 0 aliphatic heterocycles. The van der Waals surface area contributed by atoms with Gasteiger partial charge < -0.3 is 20.5 Å². The van der Waals surface area contributed by atoms with Crippen LogP contribution in [0.25, 0.3) is 10.9 Å². The molecule has 0 saturated heterocycles. The highest BCUT2D eigenvalue weighted by Crippen LogP contribution is 2.34. The van der Waals surface area contributed by atoms with Crippen molar-refractivity contribution in [3.8, 4) is 5.75 Å². The number of esters is 1. The van der Waals surface area contributed by atoms with Crippen molar-refractivity contribution >= 4 is 28.5 Å². The Labute approximate surface area is 152 Å². The van der Waals surface area contributed by atoms with Crippen LogP contribution in [-0.2, 0) is 9.53 Å². The molecule has 0 atom stereocenters. The molecule has 0 spiro atoms. The second kappa shape index (κ2) is 7.59. The van der Waals surface area contributed by atoms with Gasteiger partial charge in [-0.3, -0.25) is 9.78 Å². The molecule has 1 aromatic heterocycles. The summed E-state index contributed by atoms with van der Waals surface area (Å²) in [6.45, 7) is 9.10. The maximum atomic E-state index is 12.2. The van der Waals surface area contributed by atoms with Crippen LogP contribution in [0.4, 0.5) is 5.69 Å². The van der Waals surface area contributed by atoms with E-state index in [4.69, 9.17) is 15.2 Å². The molecular weight excluding hydrogens is 334 g/mol. The summed E-state index contributed by atoms with van der Waals surface area (Å²) >= 11 is 0. The van der Waals surface area contributed by atoms with Gasteiger partial charge in [-0.1, -0.05) is 6.07 Å². The Morgan fingerprint density at radius 2 is 2.00 bits per heavy atom. The van der Waals surface area contributed by atoms with Gasteiger partial charge in [-0.05, 0) is 39.8 Å². The fourth-order valence-electron chi connectivity index (χ4n) is 2.79. The number of fused-ring (bicyclic) bond motifs is 1. The van der Waals surface area contributed by atoms with Crippen molar-refractivity contribution in [2.45, 2.75) is 40.2 Å². The lowest BCUT2D eigenvalue weighted by Crippen LogP contribution is -2.46. The van der Waals surface area contributed by atoms with Crippen LogP contribution in [0.5, 0.6) is 5.75 Å². The molecule has 26 heavy (non-hydrogen) atoms. The summed E-state index contributed by atoms with van der Waals surface area (Å²) in [6, 6.07) is 5.37. The van der Waals surface area contributed by atoms with Gasteiger partial charge in [0.1, 0.15) is 17.9 Å². The number of rotatable bonds is 6. The van der Waals surface area contributed by atoms with Gasteiger partial charge in [0.2, 0.25) is 5.91 Å². The van der Waals surface area contributed by atoms with Gasteiger partial charge in [-0.25, -0.2) is 4.79 Å². The molecule has 140 valence electrons. The van der Waals surface area contributed by atoms with E-state index in [-0.39, 0.29) is 30.4 Å². The Morgan fingerprint density at radius 3 is 2.62 bits per heavy atom. The van der Waals surface area contributed by atoms with Crippen molar-refractivity contribution in [1.82, 2.24) is 10.3 Å². The molecule has 1 heterocycles. The van der Waals surface area contributed by atoms with Gasteiger partial charge in [0.05, 0.1) is 34.4 Å². The second-order valence-electron chi connectivity index (χ2n) is 6.71. The molecule has 7 heteroatoms. The first-order chi connectivity index (χ1) is 12.2. The van der Waals surface area contributed by atoms with Gasteiger partial charge in [0.25, 0.3) is 0 Å².